The van der Waals surface area contributed by atoms with Crippen LogP contribution < -0.4 is 4.74 Å². The average molecular weight is 133 g/mol. The largest absolute Gasteiger partial charge is 0.504 e. The first-order chi connectivity index (χ1) is 4.83. The van der Waals surface area contributed by atoms with Crippen LogP contribution >= 0.6 is 0 Å². The minimum absolute atomic E-state index is 0.106. The molecule has 0 aromatic heterocycles. The molecule has 0 bridgehead atoms. The van der Waals surface area contributed by atoms with Gasteiger partial charge in [-0.15, -0.1) is 0 Å². The number of fused-ring (bicyclic) bond motifs is 1. The zero-order valence-corrected chi connectivity index (χ0v) is 4.96. The van der Waals surface area contributed by atoms with E-state index in [0.717, 1.165) is 0 Å². The molecule has 0 saturated heterocycles. The minimum Gasteiger partial charge on any atom is -0.504 e. The van der Waals surface area contributed by atoms with E-state index in [1.54, 1.807) is 0 Å². The molecule has 0 unspecified atom stereocenters. The molecule has 1 aromatic carbocycles. The zero-order valence-electron chi connectivity index (χ0n) is 4.96. The van der Waals surface area contributed by atoms with Gasteiger partial charge in [0.25, 0.3) is 0 Å². The molecule has 3 nitrogen and oxygen atoms in total. The molecule has 0 saturated carbocycles. The molecule has 0 radical (unpaired) electrons. The van der Waals surface area contributed by atoms with Crippen LogP contribution in [0.4, 0.5) is 0 Å². The summed E-state index contributed by atoms with van der Waals surface area (Å²) < 4.78 is 4.82. The number of hydrogen-bond acceptors (Lipinski definition) is 3. The maximum absolute atomic E-state index is 8.96. The van der Waals surface area contributed by atoms with Crippen molar-refractivity contribution in [3.8, 4) is 23.3 Å². The maximum Gasteiger partial charge on any atom is 0.213 e. The van der Waals surface area contributed by atoms with Gasteiger partial charge in [0.2, 0.25) is 5.75 Å². The molecule has 2 rings (SSSR count). The van der Waals surface area contributed by atoms with Crippen LogP contribution in [0.3, 0.4) is 0 Å². The highest BCUT2D eigenvalue weighted by atomic mass is 16.6. The maximum atomic E-state index is 8.96. The molecule has 1 aromatic rings. The van der Waals surface area contributed by atoms with Crippen LogP contribution in [0.5, 0.6) is 17.2 Å². The van der Waals surface area contributed by atoms with Crippen molar-refractivity contribution >= 4 is 0 Å². The summed E-state index contributed by atoms with van der Waals surface area (Å²) in [4.78, 5) is 0. The third-order valence-corrected chi connectivity index (χ3v) is 1.37. The molecule has 0 fully saturated rings. The lowest BCUT2D eigenvalue weighted by atomic mass is 10.2. The van der Waals surface area contributed by atoms with Crippen LogP contribution in [-0.4, -0.2) is 5.11 Å². The first kappa shape index (κ1) is 5.12. The Hall–Kier alpha value is -1.69. The zero-order chi connectivity index (χ0) is 7.14. The van der Waals surface area contributed by atoms with Gasteiger partial charge < -0.3 is 9.84 Å². The normalized spacial score (nSPS) is 11.1. The van der Waals surface area contributed by atoms with Crippen molar-refractivity contribution in [1.82, 2.24) is 0 Å². The Kier molecular flexibility index (Phi) is 0.728. The van der Waals surface area contributed by atoms with Crippen molar-refractivity contribution < 1.29 is 9.84 Å². The van der Waals surface area contributed by atoms with Crippen LogP contribution in [0.25, 0.3) is 0 Å². The number of aromatic hydroxyl groups is 1. The van der Waals surface area contributed by atoms with Crippen LogP contribution in [0.2, 0.25) is 0 Å². The van der Waals surface area contributed by atoms with Crippen LogP contribution in [0, 0.1) is 11.3 Å². The second-order valence-electron chi connectivity index (χ2n) is 2.00. The smallest absolute Gasteiger partial charge is 0.213 e. The SMILES string of the molecule is N#Cc1ccc(O)c2c1O2. The number of nitriles is 1. The van der Waals surface area contributed by atoms with E-state index >= 15 is 0 Å². The Labute approximate surface area is 57.1 Å². The molecule has 0 aliphatic carbocycles. The van der Waals surface area contributed by atoms with E-state index in [1.807, 2.05) is 6.07 Å². The van der Waals surface area contributed by atoms with E-state index in [0.29, 0.717) is 17.1 Å². The minimum atomic E-state index is 0.106. The van der Waals surface area contributed by atoms with Crippen molar-refractivity contribution in [3.05, 3.63) is 17.7 Å². The Morgan fingerprint density at radius 3 is 2.90 bits per heavy atom. The van der Waals surface area contributed by atoms with Crippen molar-refractivity contribution in [2.24, 2.45) is 0 Å². The number of ether oxygens (including phenoxy) is 1. The van der Waals surface area contributed by atoms with Crippen LogP contribution in [-0.2, 0) is 0 Å². The Morgan fingerprint density at radius 1 is 1.40 bits per heavy atom. The van der Waals surface area contributed by atoms with E-state index in [2.05, 4.69) is 0 Å². The standard InChI is InChI=1S/C7H3NO2/c8-3-4-1-2-5(9)7-6(4)10-7/h1-2,9H. The highest BCUT2D eigenvalue weighted by molar-refractivity contribution is 5.69. The van der Waals surface area contributed by atoms with Gasteiger partial charge in [0, 0.05) is 0 Å². The van der Waals surface area contributed by atoms with Crippen molar-refractivity contribution in [2.45, 2.75) is 0 Å². The van der Waals surface area contributed by atoms with Gasteiger partial charge in [-0.05, 0) is 12.1 Å². The fraction of sp³-hybridized carbons (Fsp3) is 0. The Morgan fingerprint density at radius 2 is 2.20 bits per heavy atom. The lowest BCUT2D eigenvalue weighted by molar-refractivity contribution is 0.463. The summed E-state index contributed by atoms with van der Waals surface area (Å²) in [5.74, 6) is 1.07. The summed E-state index contributed by atoms with van der Waals surface area (Å²) in [5, 5.41) is 17.4. The first-order valence-electron chi connectivity index (χ1n) is 2.77. The van der Waals surface area contributed by atoms with Crippen molar-refractivity contribution in [2.75, 3.05) is 0 Å². The molecular weight excluding hydrogens is 130 g/mol. The second kappa shape index (κ2) is 1.42. The Bertz CT molecular complexity index is 338. The van der Waals surface area contributed by atoms with E-state index in [4.69, 9.17) is 15.1 Å². The Balaban J connectivity index is 2.66. The summed E-state index contributed by atoms with van der Waals surface area (Å²) in [5.41, 5.74) is 0.479. The fourth-order valence-electron chi connectivity index (χ4n) is 0.824. The first-order valence-corrected chi connectivity index (χ1v) is 2.77. The van der Waals surface area contributed by atoms with Gasteiger partial charge >= 0.3 is 0 Å². The predicted octanol–water partition coefficient (Wildman–Crippen LogP) is 1.37. The van der Waals surface area contributed by atoms with Gasteiger partial charge in [0.15, 0.2) is 11.5 Å². The molecule has 3 heteroatoms. The van der Waals surface area contributed by atoms with Crippen molar-refractivity contribution in [1.29, 1.82) is 5.26 Å². The lowest BCUT2D eigenvalue weighted by Crippen LogP contribution is -1.63. The third kappa shape index (κ3) is 0.477. The number of hydrogen-bond donors (Lipinski definition) is 1. The average Bonchev–Trinajstić information content (AvgIpc) is 2.68. The number of phenolic OH excluding ortho intramolecular Hbond substituents is 1. The second-order valence-corrected chi connectivity index (χ2v) is 2.00. The van der Waals surface area contributed by atoms with E-state index in [9.17, 15) is 0 Å². The molecule has 0 spiro atoms. The van der Waals surface area contributed by atoms with E-state index in [-0.39, 0.29) is 5.75 Å². The topological polar surface area (TPSA) is 56.5 Å². The summed E-state index contributed by atoms with van der Waals surface area (Å²) >= 11 is 0. The summed E-state index contributed by atoms with van der Waals surface area (Å²) in [6.45, 7) is 0. The molecule has 1 aliphatic heterocycles. The van der Waals surface area contributed by atoms with Crippen LogP contribution in [0.15, 0.2) is 12.1 Å². The quantitative estimate of drug-likeness (QED) is 0.552. The number of benzene rings is 1. The van der Waals surface area contributed by atoms with Gasteiger partial charge in [0.05, 0.1) is 5.56 Å². The lowest BCUT2D eigenvalue weighted by Gasteiger charge is -1.80. The predicted molar refractivity (Wildman–Crippen MR) is 32.9 cm³/mol. The molecule has 0 atom stereocenters. The number of phenols is 1. The van der Waals surface area contributed by atoms with Crippen LogP contribution in [0.1, 0.15) is 5.56 Å². The number of rotatable bonds is 0. The molecule has 48 valence electrons. The van der Waals surface area contributed by atoms with Gasteiger partial charge in [-0.3, -0.25) is 0 Å². The molecule has 1 heterocycles. The van der Waals surface area contributed by atoms with E-state index < -0.39 is 0 Å². The molecule has 1 N–H and O–H groups in total. The summed E-state index contributed by atoms with van der Waals surface area (Å²) in [6.07, 6.45) is 0. The molecule has 1 aliphatic rings. The monoisotopic (exact) mass is 133 g/mol. The summed E-state index contributed by atoms with van der Waals surface area (Å²) in [7, 11) is 0. The van der Waals surface area contributed by atoms with Gasteiger partial charge in [0.1, 0.15) is 6.07 Å². The van der Waals surface area contributed by atoms with Gasteiger partial charge in [-0.25, -0.2) is 0 Å². The van der Waals surface area contributed by atoms with E-state index in [1.165, 1.54) is 12.1 Å². The summed E-state index contributed by atoms with van der Waals surface area (Å²) in [6, 6.07) is 4.92. The molecular formula is C7H3NO2. The van der Waals surface area contributed by atoms with Gasteiger partial charge in [-0.1, -0.05) is 0 Å². The highest BCUT2D eigenvalue weighted by Gasteiger charge is 2.28. The highest BCUT2D eigenvalue weighted by Crippen LogP contribution is 2.53. The molecule has 0 amide bonds. The fourth-order valence-corrected chi connectivity index (χ4v) is 0.824. The van der Waals surface area contributed by atoms with Crippen molar-refractivity contribution in [3.63, 3.8) is 0 Å². The van der Waals surface area contributed by atoms with Gasteiger partial charge in [-0.2, -0.15) is 5.26 Å². The molecule has 10 heavy (non-hydrogen) atoms. The number of nitrogens with zero attached hydrogens (tertiary/aromatic N) is 1. The third-order valence-electron chi connectivity index (χ3n) is 1.37.